The topological polar surface area (TPSA) is 113 Å². The maximum atomic E-state index is 13.4. The quantitative estimate of drug-likeness (QED) is 0.339. The molecule has 2 rings (SSSR count). The van der Waals surface area contributed by atoms with Crippen molar-refractivity contribution in [3.8, 4) is 0 Å². The molecule has 202 valence electrons. The van der Waals surface area contributed by atoms with Crippen molar-refractivity contribution in [3.05, 3.63) is 66.2 Å². The molecule has 0 fully saturated rings. The number of nitrogens with zero attached hydrogens (tertiary/aromatic N) is 1. The van der Waals surface area contributed by atoms with Crippen molar-refractivity contribution in [3.63, 3.8) is 0 Å². The van der Waals surface area contributed by atoms with Crippen molar-refractivity contribution in [2.24, 2.45) is 17.6 Å². The molecule has 0 aliphatic carbocycles. The lowest BCUT2D eigenvalue weighted by Gasteiger charge is -2.31. The zero-order valence-corrected chi connectivity index (χ0v) is 23.3. The number of nitrogens with one attached hydrogen (secondary N) is 1. The number of sulfonamides is 1. The first kappa shape index (κ1) is 32.1. The Labute approximate surface area is 222 Å². The van der Waals surface area contributed by atoms with Crippen molar-refractivity contribution in [1.82, 2.24) is 9.62 Å². The van der Waals surface area contributed by atoms with Gasteiger partial charge in [0.25, 0.3) is 0 Å². The number of benzene rings is 2. The second kappa shape index (κ2) is 15.3. The Hall–Kier alpha value is -1.97. The predicted molar refractivity (Wildman–Crippen MR) is 147 cm³/mol. The molecule has 0 spiro atoms. The smallest absolute Gasteiger partial charge is 0.243 e. The minimum absolute atomic E-state index is 0. The fraction of sp³-hybridized carbons (Fsp3) is 0.519. The maximum Gasteiger partial charge on any atom is 0.243 e. The monoisotopic (exact) mass is 539 g/mol. The van der Waals surface area contributed by atoms with E-state index in [1.807, 2.05) is 58.0 Å². The second-order valence-corrected chi connectivity index (χ2v) is 11.6. The van der Waals surface area contributed by atoms with Gasteiger partial charge in [-0.15, -0.1) is 12.4 Å². The normalized spacial score (nSPS) is 15.1. The molecule has 9 heteroatoms. The van der Waals surface area contributed by atoms with E-state index in [-0.39, 0.29) is 48.1 Å². The molecule has 0 aliphatic rings. The molecule has 7 nitrogen and oxygen atoms in total. The lowest BCUT2D eigenvalue weighted by Crippen LogP contribution is -2.55. The van der Waals surface area contributed by atoms with E-state index in [1.165, 1.54) is 4.31 Å². The minimum Gasteiger partial charge on any atom is -0.390 e. The van der Waals surface area contributed by atoms with E-state index >= 15 is 0 Å². The first-order valence-electron chi connectivity index (χ1n) is 12.4. The van der Waals surface area contributed by atoms with Gasteiger partial charge in [0.05, 0.1) is 23.1 Å². The molecule has 0 aromatic heterocycles. The first-order valence-corrected chi connectivity index (χ1v) is 13.8. The Morgan fingerprint density at radius 1 is 1.03 bits per heavy atom. The summed E-state index contributed by atoms with van der Waals surface area (Å²) in [5.41, 5.74) is 7.07. The molecule has 4 N–H and O–H groups in total. The minimum atomic E-state index is -3.82. The van der Waals surface area contributed by atoms with E-state index in [4.69, 9.17) is 5.73 Å². The van der Waals surface area contributed by atoms with E-state index in [1.54, 1.807) is 30.3 Å². The number of aliphatic hydroxyl groups excluding tert-OH is 1. The largest absolute Gasteiger partial charge is 0.390 e. The van der Waals surface area contributed by atoms with Crippen LogP contribution in [-0.4, -0.2) is 55.0 Å². The summed E-state index contributed by atoms with van der Waals surface area (Å²) in [7, 11) is -3.82. The molecule has 2 aromatic carbocycles. The van der Waals surface area contributed by atoms with Crippen molar-refractivity contribution in [1.29, 1.82) is 0 Å². The second-order valence-electron chi connectivity index (χ2n) is 9.64. The number of hydrogen-bond acceptors (Lipinski definition) is 5. The molecule has 0 heterocycles. The average Bonchev–Trinajstić information content (AvgIpc) is 2.85. The molecule has 0 bridgehead atoms. The number of carbonyl (C=O) groups excluding carboxylic acids is 1. The van der Waals surface area contributed by atoms with Crippen LogP contribution in [0.5, 0.6) is 0 Å². The predicted octanol–water partition coefficient (Wildman–Crippen LogP) is 3.61. The highest BCUT2D eigenvalue weighted by Crippen LogP contribution is 2.19. The van der Waals surface area contributed by atoms with E-state index < -0.39 is 28.2 Å². The summed E-state index contributed by atoms with van der Waals surface area (Å²) in [4.78, 5) is 13.1. The van der Waals surface area contributed by atoms with Crippen molar-refractivity contribution in [2.45, 2.75) is 70.0 Å². The molecule has 4 atom stereocenters. The fourth-order valence-corrected chi connectivity index (χ4v) is 5.23. The van der Waals surface area contributed by atoms with Crippen molar-refractivity contribution >= 4 is 28.3 Å². The average molecular weight is 540 g/mol. The number of aliphatic hydroxyl groups is 1. The van der Waals surface area contributed by atoms with Gasteiger partial charge in [0, 0.05) is 13.1 Å². The summed E-state index contributed by atoms with van der Waals surface area (Å²) in [5.74, 6) is -0.0848. The Morgan fingerprint density at radius 3 is 2.11 bits per heavy atom. The van der Waals surface area contributed by atoms with E-state index in [9.17, 15) is 18.3 Å². The van der Waals surface area contributed by atoms with Gasteiger partial charge in [0.1, 0.15) is 0 Å². The van der Waals surface area contributed by atoms with Crippen LogP contribution in [0.2, 0.25) is 0 Å². The van der Waals surface area contributed by atoms with Crippen LogP contribution in [0, 0.1) is 11.8 Å². The highest BCUT2D eigenvalue weighted by atomic mass is 35.5. The Balaban J connectivity index is 0.00000648. The van der Waals surface area contributed by atoms with Gasteiger partial charge in [-0.1, -0.05) is 82.6 Å². The molecule has 36 heavy (non-hydrogen) atoms. The standard InChI is InChI=1S/C27H41N3O4S.ClH/c1-5-21(4)26(28)27(32)29-24(18-22-12-8-6-9-13-22)25(31)19-30(17-16-20(2)3)35(33,34)23-14-10-7-11-15-23;/h6-15,20-21,24-26,31H,5,16-19,28H2,1-4H3,(H,29,32);1H/t21?,24-,25+,26-;/m0./s1. The number of halogens is 1. The Bertz CT molecular complexity index is 1010. The van der Waals surface area contributed by atoms with Gasteiger partial charge in [-0.25, -0.2) is 8.42 Å². The van der Waals surface area contributed by atoms with Crippen molar-refractivity contribution < 1.29 is 18.3 Å². The summed E-state index contributed by atoms with van der Waals surface area (Å²) in [5, 5.41) is 14.2. The summed E-state index contributed by atoms with van der Waals surface area (Å²) < 4.78 is 28.2. The fourth-order valence-electron chi connectivity index (χ4n) is 3.73. The molecular weight excluding hydrogens is 498 g/mol. The molecular formula is C27H42ClN3O4S. The number of amides is 1. The molecule has 1 unspecified atom stereocenters. The van der Waals surface area contributed by atoms with Gasteiger partial charge in [-0.2, -0.15) is 4.31 Å². The number of rotatable bonds is 14. The van der Waals surface area contributed by atoms with Gasteiger partial charge in [-0.3, -0.25) is 4.79 Å². The third kappa shape index (κ3) is 9.48. The molecule has 0 radical (unpaired) electrons. The molecule has 0 saturated heterocycles. The van der Waals surface area contributed by atoms with Gasteiger partial charge in [0.15, 0.2) is 0 Å². The molecule has 0 aliphatic heterocycles. The third-order valence-electron chi connectivity index (χ3n) is 6.38. The van der Waals surface area contributed by atoms with E-state index in [0.29, 0.717) is 12.8 Å². The van der Waals surface area contributed by atoms with Crippen LogP contribution in [0.15, 0.2) is 65.6 Å². The van der Waals surface area contributed by atoms with Crippen LogP contribution < -0.4 is 11.1 Å². The highest BCUT2D eigenvalue weighted by molar-refractivity contribution is 7.89. The van der Waals surface area contributed by atoms with Gasteiger partial charge in [0.2, 0.25) is 15.9 Å². The lowest BCUT2D eigenvalue weighted by atomic mass is 9.97. The van der Waals surface area contributed by atoms with E-state index in [0.717, 1.165) is 12.0 Å². The Kier molecular flexibility index (Phi) is 13.6. The van der Waals surface area contributed by atoms with Crippen LogP contribution in [0.3, 0.4) is 0 Å². The summed E-state index contributed by atoms with van der Waals surface area (Å²) >= 11 is 0. The number of nitrogens with two attached hydrogens (primary N) is 1. The highest BCUT2D eigenvalue weighted by Gasteiger charge is 2.32. The summed E-state index contributed by atoms with van der Waals surface area (Å²) in [6, 6.07) is 16.3. The third-order valence-corrected chi connectivity index (χ3v) is 8.26. The first-order chi connectivity index (χ1) is 16.6. The maximum absolute atomic E-state index is 13.4. The Morgan fingerprint density at radius 2 is 1.58 bits per heavy atom. The van der Waals surface area contributed by atoms with Gasteiger partial charge >= 0.3 is 0 Å². The van der Waals surface area contributed by atoms with Crippen molar-refractivity contribution in [2.75, 3.05) is 13.1 Å². The molecule has 0 saturated carbocycles. The van der Waals surface area contributed by atoms with Gasteiger partial charge < -0.3 is 16.2 Å². The lowest BCUT2D eigenvalue weighted by molar-refractivity contribution is -0.125. The molecule has 2 aromatic rings. The molecule has 1 amide bonds. The summed E-state index contributed by atoms with van der Waals surface area (Å²) in [6.07, 6.45) is 0.616. The van der Waals surface area contributed by atoms with Gasteiger partial charge in [-0.05, 0) is 42.4 Å². The van der Waals surface area contributed by atoms with Crippen LogP contribution in [0.1, 0.15) is 46.1 Å². The van der Waals surface area contributed by atoms with E-state index in [2.05, 4.69) is 5.32 Å². The van der Waals surface area contributed by atoms with Crippen LogP contribution in [0.25, 0.3) is 0 Å². The summed E-state index contributed by atoms with van der Waals surface area (Å²) in [6.45, 7) is 8.06. The SMILES string of the molecule is CCC(C)[C@H](N)C(=O)N[C@@H](Cc1ccccc1)[C@H](O)CN(CCC(C)C)S(=O)(=O)c1ccccc1.Cl. The van der Waals surface area contributed by atoms with Crippen LogP contribution >= 0.6 is 12.4 Å². The zero-order valence-electron chi connectivity index (χ0n) is 21.7. The van der Waals surface area contributed by atoms with Crippen LogP contribution in [-0.2, 0) is 21.2 Å². The zero-order chi connectivity index (χ0) is 26.0. The van der Waals surface area contributed by atoms with Crippen LogP contribution in [0.4, 0.5) is 0 Å². The number of carbonyl (C=O) groups is 1. The number of hydrogen-bond donors (Lipinski definition) is 3.